The maximum absolute atomic E-state index is 11.2. The Balaban J connectivity index is 0.000000606. The van der Waals surface area contributed by atoms with Gasteiger partial charge in [-0.2, -0.15) is 0 Å². The van der Waals surface area contributed by atoms with Crippen molar-refractivity contribution in [1.29, 1.82) is 0 Å². The van der Waals surface area contributed by atoms with Gasteiger partial charge in [0.15, 0.2) is 0 Å². The molecule has 0 aliphatic heterocycles. The molecule has 0 spiro atoms. The van der Waals surface area contributed by atoms with E-state index in [0.717, 1.165) is 18.5 Å². The second kappa shape index (κ2) is 5.33. The summed E-state index contributed by atoms with van der Waals surface area (Å²) < 4.78 is 0. The van der Waals surface area contributed by atoms with Gasteiger partial charge in [0.2, 0.25) is 5.56 Å². The van der Waals surface area contributed by atoms with Crippen LogP contribution >= 0.6 is 0 Å². The van der Waals surface area contributed by atoms with Gasteiger partial charge in [-0.25, -0.2) is 0 Å². The minimum Gasteiger partial charge on any atom is -0.326 e. The fourth-order valence-electron chi connectivity index (χ4n) is 2.07. The summed E-state index contributed by atoms with van der Waals surface area (Å²) in [6, 6.07) is 3.62. The minimum absolute atomic E-state index is 0.0310. The van der Waals surface area contributed by atoms with E-state index in [0.29, 0.717) is 5.41 Å². The van der Waals surface area contributed by atoms with Crippen molar-refractivity contribution in [3.63, 3.8) is 0 Å². The standard InChI is InChI=1S/C12H17NO.C2H6/c1-12(2)7-5-9-3-4-11(14)13-10(9)6-8-12;1-2/h3-4H,5-8H2,1-2H3,(H,13,14);1-2H3. The lowest BCUT2D eigenvalue weighted by Crippen LogP contribution is -2.11. The van der Waals surface area contributed by atoms with Gasteiger partial charge < -0.3 is 4.98 Å². The number of nitrogens with one attached hydrogen (secondary N) is 1. The summed E-state index contributed by atoms with van der Waals surface area (Å²) in [6.07, 6.45) is 4.49. The lowest BCUT2D eigenvalue weighted by molar-refractivity contribution is 0.317. The van der Waals surface area contributed by atoms with Gasteiger partial charge in [0.25, 0.3) is 0 Å². The zero-order valence-electron chi connectivity index (χ0n) is 10.9. The summed E-state index contributed by atoms with van der Waals surface area (Å²) in [5.74, 6) is 0. The van der Waals surface area contributed by atoms with E-state index in [4.69, 9.17) is 0 Å². The molecule has 0 saturated carbocycles. The number of aromatic nitrogens is 1. The summed E-state index contributed by atoms with van der Waals surface area (Å²) >= 11 is 0. The minimum atomic E-state index is 0.0310. The van der Waals surface area contributed by atoms with Crippen molar-refractivity contribution in [2.45, 2.75) is 53.4 Å². The van der Waals surface area contributed by atoms with E-state index >= 15 is 0 Å². The molecule has 2 heteroatoms. The van der Waals surface area contributed by atoms with E-state index in [1.165, 1.54) is 18.4 Å². The van der Waals surface area contributed by atoms with Crippen LogP contribution in [0.1, 0.15) is 51.8 Å². The molecule has 2 nitrogen and oxygen atoms in total. The van der Waals surface area contributed by atoms with Crippen molar-refractivity contribution in [1.82, 2.24) is 4.98 Å². The molecule has 0 bridgehead atoms. The summed E-state index contributed by atoms with van der Waals surface area (Å²) in [6.45, 7) is 8.61. The van der Waals surface area contributed by atoms with Crippen LogP contribution in [-0.2, 0) is 12.8 Å². The van der Waals surface area contributed by atoms with Crippen LogP contribution in [0.4, 0.5) is 0 Å². The Morgan fingerprint density at radius 2 is 1.75 bits per heavy atom. The Labute approximate surface area is 98.1 Å². The lowest BCUT2D eigenvalue weighted by atomic mass is 9.85. The van der Waals surface area contributed by atoms with Crippen LogP contribution in [0, 0.1) is 5.41 Å². The van der Waals surface area contributed by atoms with E-state index in [1.54, 1.807) is 6.07 Å². The average molecular weight is 221 g/mol. The van der Waals surface area contributed by atoms with E-state index in [-0.39, 0.29) is 5.56 Å². The summed E-state index contributed by atoms with van der Waals surface area (Å²) in [4.78, 5) is 14.1. The van der Waals surface area contributed by atoms with Crippen molar-refractivity contribution < 1.29 is 0 Å². The number of aromatic amines is 1. The fraction of sp³-hybridized carbons (Fsp3) is 0.643. The molecule has 0 radical (unpaired) electrons. The zero-order chi connectivity index (χ0) is 12.2. The highest BCUT2D eigenvalue weighted by Gasteiger charge is 2.22. The maximum Gasteiger partial charge on any atom is 0.248 e. The Morgan fingerprint density at radius 3 is 2.44 bits per heavy atom. The van der Waals surface area contributed by atoms with E-state index in [9.17, 15) is 4.79 Å². The predicted octanol–water partition coefficient (Wildman–Crippen LogP) is 3.31. The van der Waals surface area contributed by atoms with Crippen LogP contribution in [0.3, 0.4) is 0 Å². The highest BCUT2D eigenvalue weighted by Crippen LogP contribution is 2.32. The lowest BCUT2D eigenvalue weighted by Gasteiger charge is -2.21. The topological polar surface area (TPSA) is 32.9 Å². The molecule has 1 aliphatic rings. The van der Waals surface area contributed by atoms with Gasteiger partial charge in [0.05, 0.1) is 0 Å². The third kappa shape index (κ3) is 3.22. The largest absolute Gasteiger partial charge is 0.326 e. The molecule has 0 saturated heterocycles. The molecule has 90 valence electrons. The molecule has 0 aromatic carbocycles. The molecular weight excluding hydrogens is 198 g/mol. The molecule has 1 aromatic heterocycles. The van der Waals surface area contributed by atoms with Crippen molar-refractivity contribution in [3.8, 4) is 0 Å². The number of hydrogen-bond acceptors (Lipinski definition) is 1. The normalized spacial score (nSPS) is 17.8. The molecule has 1 aliphatic carbocycles. The van der Waals surface area contributed by atoms with Gasteiger partial charge in [-0.15, -0.1) is 0 Å². The van der Waals surface area contributed by atoms with E-state index in [2.05, 4.69) is 18.8 Å². The highest BCUT2D eigenvalue weighted by atomic mass is 16.1. The first kappa shape index (κ1) is 13.0. The second-order valence-electron chi connectivity index (χ2n) is 4.99. The first-order valence-corrected chi connectivity index (χ1v) is 6.28. The van der Waals surface area contributed by atoms with E-state index in [1.807, 2.05) is 19.9 Å². The molecule has 1 aromatic rings. The van der Waals surface area contributed by atoms with Gasteiger partial charge >= 0.3 is 0 Å². The van der Waals surface area contributed by atoms with Crippen LogP contribution in [0.2, 0.25) is 0 Å². The van der Waals surface area contributed by atoms with Crippen LogP contribution in [0.15, 0.2) is 16.9 Å². The molecule has 0 fully saturated rings. The highest BCUT2D eigenvalue weighted by molar-refractivity contribution is 5.21. The first-order valence-electron chi connectivity index (χ1n) is 6.28. The third-order valence-electron chi connectivity index (χ3n) is 3.22. The Bertz CT molecular complexity index is 390. The summed E-state index contributed by atoms with van der Waals surface area (Å²) in [7, 11) is 0. The molecular formula is C14H23NO. The van der Waals surface area contributed by atoms with Crippen LogP contribution in [0.5, 0.6) is 0 Å². The molecule has 2 rings (SSSR count). The van der Waals surface area contributed by atoms with Crippen molar-refractivity contribution in [3.05, 3.63) is 33.7 Å². The Kier molecular flexibility index (Phi) is 4.34. The number of hydrogen-bond donors (Lipinski definition) is 1. The predicted molar refractivity (Wildman–Crippen MR) is 68.8 cm³/mol. The molecule has 1 heterocycles. The van der Waals surface area contributed by atoms with Gasteiger partial charge in [-0.3, -0.25) is 4.79 Å². The molecule has 0 amide bonds. The average Bonchev–Trinajstić information content (AvgIpc) is 2.41. The van der Waals surface area contributed by atoms with Crippen molar-refractivity contribution >= 4 is 0 Å². The molecule has 16 heavy (non-hydrogen) atoms. The summed E-state index contributed by atoms with van der Waals surface area (Å²) in [5, 5.41) is 0. The van der Waals surface area contributed by atoms with Crippen molar-refractivity contribution in [2.24, 2.45) is 5.41 Å². The Hall–Kier alpha value is -1.05. The number of aryl methyl sites for hydroxylation is 2. The van der Waals surface area contributed by atoms with Crippen LogP contribution in [0.25, 0.3) is 0 Å². The molecule has 0 atom stereocenters. The number of pyridine rings is 1. The van der Waals surface area contributed by atoms with Crippen molar-refractivity contribution in [2.75, 3.05) is 0 Å². The smallest absolute Gasteiger partial charge is 0.248 e. The van der Waals surface area contributed by atoms with Crippen LogP contribution in [-0.4, -0.2) is 4.98 Å². The monoisotopic (exact) mass is 221 g/mol. The van der Waals surface area contributed by atoms with Gasteiger partial charge in [0, 0.05) is 11.8 Å². The quantitative estimate of drug-likeness (QED) is 0.670. The second-order valence-corrected chi connectivity index (χ2v) is 4.99. The summed E-state index contributed by atoms with van der Waals surface area (Å²) in [5.41, 5.74) is 2.93. The molecule has 1 N–H and O–H groups in total. The Morgan fingerprint density at radius 1 is 1.12 bits per heavy atom. The van der Waals surface area contributed by atoms with E-state index < -0.39 is 0 Å². The maximum atomic E-state index is 11.2. The fourth-order valence-corrected chi connectivity index (χ4v) is 2.07. The van der Waals surface area contributed by atoms with Gasteiger partial charge in [-0.1, -0.05) is 33.8 Å². The molecule has 0 unspecified atom stereocenters. The number of rotatable bonds is 0. The zero-order valence-corrected chi connectivity index (χ0v) is 10.9. The van der Waals surface area contributed by atoms with Gasteiger partial charge in [0.1, 0.15) is 0 Å². The van der Waals surface area contributed by atoms with Gasteiger partial charge in [-0.05, 0) is 36.7 Å². The first-order chi connectivity index (χ1) is 7.57. The number of fused-ring (bicyclic) bond motifs is 1. The third-order valence-corrected chi connectivity index (χ3v) is 3.22. The number of H-pyrrole nitrogens is 1. The van der Waals surface area contributed by atoms with Crippen LogP contribution < -0.4 is 5.56 Å². The SMILES string of the molecule is CC.CC1(C)CCc2ccc(=O)[nH]c2CC1.